The standard InChI is InChI=1S/C15H30N2O2/c1-4-7-8-9-10-12-13(6-3)15(19)17(16)14(18)11-5-2/h13H,4-12,16H2,1-3H3. The van der Waals surface area contributed by atoms with E-state index >= 15 is 0 Å². The minimum absolute atomic E-state index is 0.104. The van der Waals surface area contributed by atoms with Crippen LogP contribution in [0.3, 0.4) is 0 Å². The first-order valence-electron chi connectivity index (χ1n) is 7.69. The molecule has 1 unspecified atom stereocenters. The Balaban J connectivity index is 4.12. The van der Waals surface area contributed by atoms with Gasteiger partial charge in [0.2, 0.25) is 11.8 Å². The van der Waals surface area contributed by atoms with Crippen LogP contribution in [0.4, 0.5) is 0 Å². The van der Waals surface area contributed by atoms with Crippen LogP contribution in [0.5, 0.6) is 0 Å². The van der Waals surface area contributed by atoms with Crippen LogP contribution < -0.4 is 5.84 Å². The summed E-state index contributed by atoms with van der Waals surface area (Å²) in [5, 5.41) is 0.837. The zero-order valence-corrected chi connectivity index (χ0v) is 12.8. The van der Waals surface area contributed by atoms with Gasteiger partial charge in [0.1, 0.15) is 0 Å². The maximum absolute atomic E-state index is 12.1. The van der Waals surface area contributed by atoms with E-state index in [0.29, 0.717) is 12.8 Å². The van der Waals surface area contributed by atoms with Gasteiger partial charge in [-0.2, -0.15) is 0 Å². The van der Waals surface area contributed by atoms with Crippen LogP contribution in [0.2, 0.25) is 0 Å². The minimum atomic E-state index is -0.267. The molecule has 0 radical (unpaired) electrons. The zero-order valence-electron chi connectivity index (χ0n) is 12.8. The molecule has 0 aromatic carbocycles. The number of imide groups is 1. The fourth-order valence-electron chi connectivity index (χ4n) is 2.15. The molecule has 1 atom stereocenters. The van der Waals surface area contributed by atoms with Crippen molar-refractivity contribution in [2.45, 2.75) is 78.6 Å². The quantitative estimate of drug-likeness (QED) is 0.286. The van der Waals surface area contributed by atoms with E-state index in [-0.39, 0.29) is 17.7 Å². The van der Waals surface area contributed by atoms with Gasteiger partial charge >= 0.3 is 0 Å². The van der Waals surface area contributed by atoms with Gasteiger partial charge in [0.25, 0.3) is 0 Å². The summed E-state index contributed by atoms with van der Waals surface area (Å²) in [4.78, 5) is 23.7. The van der Waals surface area contributed by atoms with Gasteiger partial charge < -0.3 is 0 Å². The highest BCUT2D eigenvalue weighted by Crippen LogP contribution is 2.17. The van der Waals surface area contributed by atoms with Gasteiger partial charge in [-0.15, -0.1) is 0 Å². The van der Waals surface area contributed by atoms with E-state index in [0.717, 1.165) is 30.7 Å². The number of carbonyl (C=O) groups excluding carboxylic acids is 2. The highest BCUT2D eigenvalue weighted by molar-refractivity contribution is 5.95. The van der Waals surface area contributed by atoms with E-state index < -0.39 is 0 Å². The van der Waals surface area contributed by atoms with Crippen molar-refractivity contribution in [2.24, 2.45) is 11.8 Å². The van der Waals surface area contributed by atoms with Gasteiger partial charge in [-0.3, -0.25) is 9.59 Å². The topological polar surface area (TPSA) is 63.4 Å². The molecule has 0 bridgehead atoms. The molecule has 2 N–H and O–H groups in total. The Labute approximate surface area is 117 Å². The molecule has 4 heteroatoms. The number of hydrogen-bond donors (Lipinski definition) is 1. The lowest BCUT2D eigenvalue weighted by Gasteiger charge is -2.20. The maximum Gasteiger partial charge on any atom is 0.246 e. The van der Waals surface area contributed by atoms with Crippen molar-refractivity contribution in [3.8, 4) is 0 Å². The third kappa shape index (κ3) is 7.31. The Kier molecular flexibility index (Phi) is 10.5. The molecule has 0 aromatic rings. The lowest BCUT2D eigenvalue weighted by molar-refractivity contribution is -0.148. The fourth-order valence-corrected chi connectivity index (χ4v) is 2.15. The van der Waals surface area contributed by atoms with Crippen LogP contribution in [0.15, 0.2) is 0 Å². The molecule has 0 rings (SSSR count). The molecule has 19 heavy (non-hydrogen) atoms. The van der Waals surface area contributed by atoms with Gasteiger partial charge in [-0.25, -0.2) is 10.9 Å². The Morgan fingerprint density at radius 2 is 1.63 bits per heavy atom. The summed E-state index contributed by atoms with van der Waals surface area (Å²) >= 11 is 0. The van der Waals surface area contributed by atoms with Crippen molar-refractivity contribution >= 4 is 11.8 Å². The first-order chi connectivity index (χ1) is 9.08. The predicted molar refractivity (Wildman–Crippen MR) is 78.1 cm³/mol. The monoisotopic (exact) mass is 270 g/mol. The lowest BCUT2D eigenvalue weighted by atomic mass is 9.97. The highest BCUT2D eigenvalue weighted by atomic mass is 16.2. The number of amides is 2. The van der Waals surface area contributed by atoms with Crippen LogP contribution in [-0.2, 0) is 9.59 Å². The molecule has 0 saturated carbocycles. The molecule has 0 aliphatic rings. The molecule has 0 saturated heterocycles. The predicted octanol–water partition coefficient (Wildman–Crippen LogP) is 3.40. The van der Waals surface area contributed by atoms with Gasteiger partial charge in [-0.1, -0.05) is 52.9 Å². The molecule has 4 nitrogen and oxygen atoms in total. The summed E-state index contributed by atoms with van der Waals surface area (Å²) in [7, 11) is 0. The Bertz CT molecular complexity index is 267. The average molecular weight is 270 g/mol. The molecular formula is C15H30N2O2. The summed E-state index contributed by atoms with van der Waals surface area (Å²) in [5.74, 6) is 5.03. The Morgan fingerprint density at radius 1 is 1.00 bits per heavy atom. The average Bonchev–Trinajstić information content (AvgIpc) is 2.41. The molecule has 0 spiro atoms. The smallest absolute Gasteiger partial charge is 0.246 e. The molecule has 0 aliphatic heterocycles. The number of nitrogens with two attached hydrogens (primary N) is 1. The first-order valence-corrected chi connectivity index (χ1v) is 7.69. The number of hydrogen-bond acceptors (Lipinski definition) is 3. The van der Waals surface area contributed by atoms with E-state index in [1.807, 2.05) is 13.8 Å². The number of nitrogens with zero attached hydrogens (tertiary/aromatic N) is 1. The Hall–Kier alpha value is -0.900. The van der Waals surface area contributed by atoms with Crippen LogP contribution in [0, 0.1) is 5.92 Å². The second-order valence-corrected chi connectivity index (χ2v) is 5.16. The van der Waals surface area contributed by atoms with E-state index in [1.54, 1.807) is 0 Å². The molecule has 0 fully saturated rings. The Morgan fingerprint density at radius 3 is 2.16 bits per heavy atom. The zero-order chi connectivity index (χ0) is 14.7. The molecule has 2 amide bonds. The minimum Gasteiger partial charge on any atom is -0.273 e. The maximum atomic E-state index is 12.1. The number of rotatable bonds is 10. The summed E-state index contributed by atoms with van der Waals surface area (Å²) < 4.78 is 0. The highest BCUT2D eigenvalue weighted by Gasteiger charge is 2.24. The van der Waals surface area contributed by atoms with Crippen molar-refractivity contribution in [1.82, 2.24) is 5.01 Å². The van der Waals surface area contributed by atoms with Crippen LogP contribution in [0.1, 0.15) is 78.6 Å². The second-order valence-electron chi connectivity index (χ2n) is 5.16. The van der Waals surface area contributed by atoms with Gasteiger partial charge in [0.15, 0.2) is 0 Å². The normalized spacial score (nSPS) is 12.2. The van der Waals surface area contributed by atoms with Crippen molar-refractivity contribution in [3.63, 3.8) is 0 Å². The van der Waals surface area contributed by atoms with Crippen LogP contribution in [0.25, 0.3) is 0 Å². The SMILES string of the molecule is CCCCCCCC(CC)C(=O)N(N)C(=O)CCC. The lowest BCUT2D eigenvalue weighted by Crippen LogP contribution is -2.45. The van der Waals surface area contributed by atoms with Crippen molar-refractivity contribution in [2.75, 3.05) is 0 Å². The van der Waals surface area contributed by atoms with Gasteiger partial charge in [0, 0.05) is 12.3 Å². The van der Waals surface area contributed by atoms with Crippen molar-refractivity contribution in [1.29, 1.82) is 0 Å². The van der Waals surface area contributed by atoms with Gasteiger partial charge in [0.05, 0.1) is 0 Å². The second kappa shape index (κ2) is 11.0. The van der Waals surface area contributed by atoms with E-state index in [9.17, 15) is 9.59 Å². The summed E-state index contributed by atoms with van der Waals surface area (Å²) in [6, 6.07) is 0. The van der Waals surface area contributed by atoms with Crippen molar-refractivity contribution < 1.29 is 9.59 Å². The molecular weight excluding hydrogens is 240 g/mol. The summed E-state index contributed by atoms with van der Waals surface area (Å²) in [5.41, 5.74) is 0. The first kappa shape index (κ1) is 18.1. The summed E-state index contributed by atoms with van der Waals surface area (Å²) in [6.45, 7) is 6.07. The largest absolute Gasteiger partial charge is 0.273 e. The van der Waals surface area contributed by atoms with Crippen LogP contribution in [-0.4, -0.2) is 16.8 Å². The van der Waals surface area contributed by atoms with Crippen LogP contribution >= 0.6 is 0 Å². The van der Waals surface area contributed by atoms with Crippen molar-refractivity contribution in [3.05, 3.63) is 0 Å². The third-order valence-corrected chi connectivity index (χ3v) is 3.47. The number of unbranched alkanes of at least 4 members (excludes halogenated alkanes) is 4. The molecule has 0 aliphatic carbocycles. The number of hydrazine groups is 1. The molecule has 112 valence electrons. The summed E-state index contributed by atoms with van der Waals surface area (Å²) in [6.07, 6.45) is 8.54. The third-order valence-electron chi connectivity index (χ3n) is 3.47. The van der Waals surface area contributed by atoms with Gasteiger partial charge in [-0.05, 0) is 19.3 Å². The van der Waals surface area contributed by atoms with E-state index in [4.69, 9.17) is 5.84 Å². The molecule has 0 heterocycles. The van der Waals surface area contributed by atoms with E-state index in [2.05, 4.69) is 6.92 Å². The molecule has 0 aromatic heterocycles. The van der Waals surface area contributed by atoms with E-state index in [1.165, 1.54) is 19.3 Å². The fraction of sp³-hybridized carbons (Fsp3) is 0.867. The number of carbonyl (C=O) groups is 2.